The molecular weight excluding hydrogens is 184 g/mol. The summed E-state index contributed by atoms with van der Waals surface area (Å²) >= 11 is 0. The molecule has 0 bridgehead atoms. The highest BCUT2D eigenvalue weighted by Crippen LogP contribution is 2.17. The molecule has 1 atom stereocenters. The summed E-state index contributed by atoms with van der Waals surface area (Å²) in [7, 11) is 1.11. The fourth-order valence-electron chi connectivity index (χ4n) is 1.04. The summed E-state index contributed by atoms with van der Waals surface area (Å²) in [6, 6.07) is 0. The Balaban J connectivity index is 4.62. The molecule has 0 rings (SSSR count). The van der Waals surface area contributed by atoms with Gasteiger partial charge < -0.3 is 9.84 Å². The first-order valence-corrected chi connectivity index (χ1v) is 4.32. The number of ether oxygens (including phenoxy) is 1. The average Bonchev–Trinajstić information content (AvgIpc) is 2.14. The van der Waals surface area contributed by atoms with Crippen molar-refractivity contribution in [1.29, 1.82) is 0 Å². The highest BCUT2D eigenvalue weighted by atomic mass is 16.5. The largest absolute Gasteiger partial charge is 0.463 e. The first kappa shape index (κ1) is 12.8. The van der Waals surface area contributed by atoms with Gasteiger partial charge in [-0.1, -0.05) is 11.6 Å². The minimum atomic E-state index is -1.68. The van der Waals surface area contributed by atoms with E-state index in [4.69, 9.17) is 0 Å². The van der Waals surface area contributed by atoms with Crippen molar-refractivity contribution in [3.05, 3.63) is 11.6 Å². The maximum Gasteiger partial charge on any atom is 0.377 e. The summed E-state index contributed by atoms with van der Waals surface area (Å²) in [5, 5.41) is 9.69. The molecule has 0 aliphatic carbocycles. The van der Waals surface area contributed by atoms with Crippen LogP contribution in [0.4, 0.5) is 0 Å². The molecule has 1 N–H and O–H groups in total. The Bertz CT molecular complexity index is 263. The molecule has 0 spiro atoms. The Labute approximate surface area is 83.6 Å². The summed E-state index contributed by atoms with van der Waals surface area (Å²) in [6.45, 7) is 4.88. The molecular formula is C10H16O4. The second kappa shape index (κ2) is 4.91. The topological polar surface area (TPSA) is 63.6 Å². The predicted molar refractivity (Wildman–Crippen MR) is 51.7 cm³/mol. The highest BCUT2D eigenvalue weighted by molar-refractivity contribution is 6.36. The molecule has 0 aromatic heterocycles. The lowest BCUT2D eigenvalue weighted by Crippen LogP contribution is -2.41. The van der Waals surface area contributed by atoms with Gasteiger partial charge in [-0.3, -0.25) is 4.79 Å². The van der Waals surface area contributed by atoms with Gasteiger partial charge in [0.25, 0.3) is 5.78 Å². The van der Waals surface area contributed by atoms with E-state index in [2.05, 4.69) is 4.74 Å². The summed E-state index contributed by atoms with van der Waals surface area (Å²) in [4.78, 5) is 22.2. The first-order valence-electron chi connectivity index (χ1n) is 4.32. The van der Waals surface area contributed by atoms with Gasteiger partial charge in [-0.25, -0.2) is 4.79 Å². The van der Waals surface area contributed by atoms with Crippen molar-refractivity contribution < 1.29 is 19.4 Å². The van der Waals surface area contributed by atoms with Gasteiger partial charge in [-0.05, 0) is 20.8 Å². The van der Waals surface area contributed by atoms with E-state index >= 15 is 0 Å². The van der Waals surface area contributed by atoms with Gasteiger partial charge in [0.15, 0.2) is 0 Å². The molecule has 0 unspecified atom stereocenters. The Hall–Kier alpha value is -1.16. The summed E-state index contributed by atoms with van der Waals surface area (Å²) in [5.74, 6) is -1.93. The molecule has 0 aliphatic rings. The maximum atomic E-state index is 11.3. The average molecular weight is 200 g/mol. The molecule has 0 aliphatic heterocycles. The number of esters is 1. The van der Waals surface area contributed by atoms with Crippen molar-refractivity contribution in [2.75, 3.05) is 7.11 Å². The molecule has 0 saturated heterocycles. The summed E-state index contributed by atoms with van der Waals surface area (Å²) in [5.41, 5.74) is -0.837. The number of carbonyl (C=O) groups is 2. The van der Waals surface area contributed by atoms with E-state index in [1.807, 2.05) is 0 Å². The molecule has 0 fully saturated rings. The SMILES string of the molecule is C/C=C(\C)C[C@@](C)(O)C(=O)C(=O)OC. The number of rotatable bonds is 4. The van der Waals surface area contributed by atoms with Crippen LogP contribution in [0, 0.1) is 0 Å². The van der Waals surface area contributed by atoms with Crippen molar-refractivity contribution in [2.45, 2.75) is 32.8 Å². The van der Waals surface area contributed by atoms with E-state index in [1.54, 1.807) is 19.9 Å². The minimum absolute atomic E-state index is 0.136. The van der Waals surface area contributed by atoms with Crippen LogP contribution in [0.2, 0.25) is 0 Å². The zero-order valence-corrected chi connectivity index (χ0v) is 8.96. The van der Waals surface area contributed by atoms with Crippen LogP contribution in [-0.4, -0.2) is 29.6 Å². The van der Waals surface area contributed by atoms with Crippen LogP contribution < -0.4 is 0 Å². The van der Waals surface area contributed by atoms with Gasteiger partial charge in [-0.2, -0.15) is 0 Å². The highest BCUT2D eigenvalue weighted by Gasteiger charge is 2.36. The molecule has 0 heterocycles. The monoisotopic (exact) mass is 200 g/mol. The lowest BCUT2D eigenvalue weighted by molar-refractivity contribution is -0.160. The smallest absolute Gasteiger partial charge is 0.377 e. The van der Waals surface area contributed by atoms with E-state index in [0.29, 0.717) is 0 Å². The van der Waals surface area contributed by atoms with E-state index < -0.39 is 17.4 Å². The van der Waals surface area contributed by atoms with Gasteiger partial charge >= 0.3 is 5.97 Å². The molecule has 4 nitrogen and oxygen atoms in total. The van der Waals surface area contributed by atoms with E-state index in [-0.39, 0.29) is 6.42 Å². The third-order valence-electron chi connectivity index (χ3n) is 1.98. The first-order chi connectivity index (χ1) is 6.35. The fraction of sp³-hybridized carbons (Fsp3) is 0.600. The quantitative estimate of drug-likeness (QED) is 0.415. The Morgan fingerprint density at radius 2 is 2.00 bits per heavy atom. The van der Waals surface area contributed by atoms with Crippen LogP contribution in [-0.2, 0) is 14.3 Å². The molecule has 80 valence electrons. The van der Waals surface area contributed by atoms with E-state index in [0.717, 1.165) is 12.7 Å². The molecule has 0 radical (unpaired) electrons. The van der Waals surface area contributed by atoms with Crippen molar-refractivity contribution in [2.24, 2.45) is 0 Å². The zero-order valence-electron chi connectivity index (χ0n) is 8.96. The molecule has 0 amide bonds. The standard InChI is InChI=1S/C10H16O4/c1-5-7(2)6-10(3,13)8(11)9(12)14-4/h5,13H,6H2,1-4H3/b7-5+/t10-/m1/s1. The van der Waals surface area contributed by atoms with Gasteiger partial charge in [0.2, 0.25) is 0 Å². The van der Waals surface area contributed by atoms with Crippen molar-refractivity contribution in [1.82, 2.24) is 0 Å². The predicted octanol–water partition coefficient (Wildman–Crippen LogP) is 0.836. The van der Waals surface area contributed by atoms with Crippen LogP contribution >= 0.6 is 0 Å². The van der Waals surface area contributed by atoms with E-state index in [9.17, 15) is 14.7 Å². The van der Waals surface area contributed by atoms with Crippen molar-refractivity contribution in [3.8, 4) is 0 Å². The van der Waals surface area contributed by atoms with Crippen LogP contribution in [0.3, 0.4) is 0 Å². The second-order valence-electron chi connectivity index (χ2n) is 3.41. The van der Waals surface area contributed by atoms with Gasteiger partial charge in [0.05, 0.1) is 7.11 Å². The van der Waals surface area contributed by atoms with E-state index in [1.165, 1.54) is 6.92 Å². The molecule has 0 saturated carbocycles. The third kappa shape index (κ3) is 3.30. The maximum absolute atomic E-state index is 11.3. The summed E-state index contributed by atoms with van der Waals surface area (Å²) < 4.78 is 4.25. The number of ketones is 1. The van der Waals surface area contributed by atoms with Gasteiger partial charge in [0, 0.05) is 6.42 Å². The lowest BCUT2D eigenvalue weighted by Gasteiger charge is -2.20. The minimum Gasteiger partial charge on any atom is -0.463 e. The number of Topliss-reactive ketones (excluding diaryl/α,β-unsaturated/α-hetero) is 1. The van der Waals surface area contributed by atoms with Crippen molar-refractivity contribution in [3.63, 3.8) is 0 Å². The van der Waals surface area contributed by atoms with Crippen LogP contribution in [0.15, 0.2) is 11.6 Å². The summed E-state index contributed by atoms with van der Waals surface area (Å²) in [6.07, 6.45) is 1.91. The lowest BCUT2D eigenvalue weighted by atomic mass is 9.92. The number of aliphatic hydroxyl groups is 1. The van der Waals surface area contributed by atoms with Crippen molar-refractivity contribution >= 4 is 11.8 Å². The third-order valence-corrected chi connectivity index (χ3v) is 1.98. The Morgan fingerprint density at radius 3 is 2.36 bits per heavy atom. The second-order valence-corrected chi connectivity index (χ2v) is 3.41. The van der Waals surface area contributed by atoms with Gasteiger partial charge in [-0.15, -0.1) is 0 Å². The molecule has 4 heteroatoms. The number of allylic oxidation sites excluding steroid dienone is 1. The number of hydrogen-bond acceptors (Lipinski definition) is 4. The molecule has 14 heavy (non-hydrogen) atoms. The normalized spacial score (nSPS) is 15.9. The van der Waals surface area contributed by atoms with Crippen LogP contribution in [0.1, 0.15) is 27.2 Å². The number of hydrogen-bond donors (Lipinski definition) is 1. The van der Waals surface area contributed by atoms with Gasteiger partial charge in [0.1, 0.15) is 5.60 Å². The zero-order chi connectivity index (χ0) is 11.4. The molecule has 0 aromatic carbocycles. The Kier molecular flexibility index (Phi) is 4.50. The van der Waals surface area contributed by atoms with Crippen LogP contribution in [0.5, 0.6) is 0 Å². The molecule has 0 aromatic rings. The Morgan fingerprint density at radius 1 is 1.50 bits per heavy atom. The van der Waals surface area contributed by atoms with Crippen LogP contribution in [0.25, 0.3) is 0 Å². The number of methoxy groups -OCH3 is 1. The number of carbonyl (C=O) groups excluding carboxylic acids is 2. The fourth-order valence-corrected chi connectivity index (χ4v) is 1.04.